The maximum absolute atomic E-state index is 2.33. The molecule has 1 rings (SSSR count). The molecular weight excluding hydrogens is 362 g/mol. The first kappa shape index (κ1) is 27.5. The summed E-state index contributed by atoms with van der Waals surface area (Å²) < 4.78 is 1.03. The monoisotopic (exact) mass is 409 g/mol. The summed E-state index contributed by atoms with van der Waals surface area (Å²) in [4.78, 5) is 0. The van der Waals surface area contributed by atoms with E-state index in [1.54, 1.807) is 0 Å². The van der Waals surface area contributed by atoms with Crippen LogP contribution in [0.3, 0.4) is 0 Å². The van der Waals surface area contributed by atoms with Gasteiger partial charge in [-0.25, -0.2) is 0 Å². The van der Waals surface area contributed by atoms with E-state index in [4.69, 9.17) is 0 Å². The van der Waals surface area contributed by atoms with E-state index in [1.807, 2.05) is 0 Å². The van der Waals surface area contributed by atoms with Crippen molar-refractivity contribution in [2.75, 3.05) is 21.1 Å². The fourth-order valence-electron chi connectivity index (χ4n) is 4.21. The van der Waals surface area contributed by atoms with Gasteiger partial charge in [-0.2, -0.15) is 0 Å². The Balaban J connectivity index is 0.00000729. The molecule has 0 amide bonds. The number of quaternary nitrogens is 1. The van der Waals surface area contributed by atoms with Gasteiger partial charge < -0.3 is 16.9 Å². The van der Waals surface area contributed by atoms with Crippen LogP contribution >= 0.6 is 0 Å². The quantitative estimate of drug-likeness (QED) is 0.241. The van der Waals surface area contributed by atoms with E-state index in [1.165, 1.54) is 102 Å². The number of benzene rings is 1. The Labute approximate surface area is 183 Å². The van der Waals surface area contributed by atoms with Crippen LogP contribution in [0.15, 0.2) is 30.3 Å². The van der Waals surface area contributed by atoms with Crippen molar-refractivity contribution < 1.29 is 16.9 Å². The molecule has 0 radical (unpaired) electrons. The van der Waals surface area contributed by atoms with Crippen LogP contribution in [0.1, 0.15) is 115 Å². The Morgan fingerprint density at radius 2 is 1.00 bits per heavy atom. The highest BCUT2D eigenvalue weighted by atomic mass is 35.5. The second kappa shape index (κ2) is 17.3. The number of rotatable bonds is 17. The summed E-state index contributed by atoms with van der Waals surface area (Å²) in [6, 6.07) is 11.7. The zero-order chi connectivity index (χ0) is 19.8. The highest BCUT2D eigenvalue weighted by Crippen LogP contribution is 2.29. The average molecular weight is 410 g/mol. The normalized spacial score (nSPS) is 12.6. The minimum Gasteiger partial charge on any atom is -1.00 e. The Kier molecular flexibility index (Phi) is 17.0. The summed E-state index contributed by atoms with van der Waals surface area (Å²) in [5.74, 6) is 0. The maximum Gasteiger partial charge on any atom is 0.114 e. The molecule has 0 saturated heterocycles. The molecule has 0 aromatic heterocycles. The third-order valence-electron chi connectivity index (χ3n) is 5.95. The average Bonchev–Trinajstić information content (AvgIpc) is 2.64. The number of nitrogens with zero attached hydrogens (tertiary/aromatic N) is 1. The third-order valence-corrected chi connectivity index (χ3v) is 5.95. The van der Waals surface area contributed by atoms with Gasteiger partial charge in [0.05, 0.1) is 21.1 Å². The number of hydrogen-bond acceptors (Lipinski definition) is 0. The summed E-state index contributed by atoms with van der Waals surface area (Å²) in [5.41, 5.74) is 1.50. The zero-order valence-corrected chi connectivity index (χ0v) is 20.2. The summed E-state index contributed by atoms with van der Waals surface area (Å²) >= 11 is 0. The van der Waals surface area contributed by atoms with Gasteiger partial charge in [0.15, 0.2) is 0 Å². The third kappa shape index (κ3) is 13.6. The molecule has 0 heterocycles. The standard InChI is InChI=1S/C26H48N.ClH/c1-5-6-7-8-9-10-11-12-13-14-15-16-17-21-24-26(27(2,3)4)25-22-19-18-20-23-25;/h18-20,22-23,26H,5-17,21,24H2,1-4H3;1H/q+1;/p-1. The molecule has 0 aliphatic carbocycles. The van der Waals surface area contributed by atoms with Gasteiger partial charge in [-0.15, -0.1) is 0 Å². The van der Waals surface area contributed by atoms with Crippen molar-refractivity contribution in [3.8, 4) is 0 Å². The lowest BCUT2D eigenvalue weighted by Crippen LogP contribution is -3.00. The number of halogens is 1. The Bertz CT molecular complexity index is 437. The van der Waals surface area contributed by atoms with E-state index < -0.39 is 0 Å². The van der Waals surface area contributed by atoms with Gasteiger partial charge in [-0.1, -0.05) is 121 Å². The van der Waals surface area contributed by atoms with Gasteiger partial charge in [0.2, 0.25) is 0 Å². The van der Waals surface area contributed by atoms with E-state index >= 15 is 0 Å². The lowest BCUT2D eigenvalue weighted by molar-refractivity contribution is -0.902. The topological polar surface area (TPSA) is 0 Å². The van der Waals surface area contributed by atoms with Crippen LogP contribution in [0.4, 0.5) is 0 Å². The van der Waals surface area contributed by atoms with Crippen LogP contribution in [0.2, 0.25) is 0 Å². The van der Waals surface area contributed by atoms with Crippen molar-refractivity contribution in [1.29, 1.82) is 0 Å². The predicted molar refractivity (Wildman–Crippen MR) is 122 cm³/mol. The predicted octanol–water partition coefficient (Wildman–Crippen LogP) is 5.31. The van der Waals surface area contributed by atoms with Crippen LogP contribution in [-0.4, -0.2) is 25.6 Å². The van der Waals surface area contributed by atoms with Crippen LogP contribution in [0, 0.1) is 0 Å². The summed E-state index contributed by atoms with van der Waals surface area (Å²) in [6.45, 7) is 2.30. The minimum atomic E-state index is 0. The van der Waals surface area contributed by atoms with Crippen LogP contribution < -0.4 is 12.4 Å². The summed E-state index contributed by atoms with van der Waals surface area (Å²) in [5, 5.41) is 0. The van der Waals surface area contributed by atoms with E-state index in [9.17, 15) is 0 Å². The highest BCUT2D eigenvalue weighted by Gasteiger charge is 2.24. The smallest absolute Gasteiger partial charge is 0.114 e. The maximum atomic E-state index is 2.33. The summed E-state index contributed by atoms with van der Waals surface area (Å²) in [7, 11) is 7.00. The van der Waals surface area contributed by atoms with Crippen LogP contribution in [0.5, 0.6) is 0 Å². The van der Waals surface area contributed by atoms with Crippen molar-refractivity contribution >= 4 is 0 Å². The Morgan fingerprint density at radius 1 is 0.607 bits per heavy atom. The molecule has 1 atom stereocenters. The van der Waals surface area contributed by atoms with Crippen molar-refractivity contribution in [2.45, 2.75) is 109 Å². The van der Waals surface area contributed by atoms with Gasteiger partial charge in [-0.3, -0.25) is 0 Å². The molecule has 0 aliphatic heterocycles. The summed E-state index contributed by atoms with van der Waals surface area (Å²) in [6.07, 6.45) is 21.4. The van der Waals surface area contributed by atoms with Crippen molar-refractivity contribution in [1.82, 2.24) is 0 Å². The second-order valence-electron chi connectivity index (χ2n) is 9.43. The molecule has 0 fully saturated rings. The molecule has 0 N–H and O–H groups in total. The molecule has 0 aliphatic rings. The Hall–Kier alpha value is -0.530. The Morgan fingerprint density at radius 3 is 1.39 bits per heavy atom. The van der Waals surface area contributed by atoms with Gasteiger partial charge in [0, 0.05) is 12.0 Å². The number of hydrogen-bond donors (Lipinski definition) is 0. The fourth-order valence-corrected chi connectivity index (χ4v) is 4.21. The van der Waals surface area contributed by atoms with E-state index in [0.29, 0.717) is 6.04 Å². The molecule has 28 heavy (non-hydrogen) atoms. The van der Waals surface area contributed by atoms with Gasteiger partial charge in [-0.05, 0) is 6.42 Å². The van der Waals surface area contributed by atoms with Crippen LogP contribution in [-0.2, 0) is 0 Å². The SMILES string of the molecule is CCCCCCCCCCCCCCCCC(c1ccccc1)[N+](C)(C)C.[Cl-]. The highest BCUT2D eigenvalue weighted by molar-refractivity contribution is 5.17. The fraction of sp³-hybridized carbons (Fsp3) is 0.769. The van der Waals surface area contributed by atoms with Gasteiger partial charge >= 0.3 is 0 Å². The van der Waals surface area contributed by atoms with Gasteiger partial charge in [0.1, 0.15) is 6.04 Å². The molecule has 1 nitrogen and oxygen atoms in total. The lowest BCUT2D eigenvalue weighted by atomic mass is 9.97. The van der Waals surface area contributed by atoms with E-state index in [0.717, 1.165) is 4.48 Å². The molecule has 164 valence electrons. The molecular formula is C26H48ClN. The van der Waals surface area contributed by atoms with Crippen molar-refractivity contribution in [3.05, 3.63) is 35.9 Å². The first-order valence-corrected chi connectivity index (χ1v) is 11.9. The molecule has 0 saturated carbocycles. The van der Waals surface area contributed by atoms with E-state index in [2.05, 4.69) is 58.4 Å². The first-order valence-electron chi connectivity index (χ1n) is 11.9. The molecule has 0 spiro atoms. The largest absolute Gasteiger partial charge is 1.00 e. The number of unbranched alkanes of at least 4 members (excludes halogenated alkanes) is 13. The molecule has 1 aromatic carbocycles. The van der Waals surface area contributed by atoms with Gasteiger partial charge in [0.25, 0.3) is 0 Å². The second-order valence-corrected chi connectivity index (χ2v) is 9.43. The molecule has 2 heteroatoms. The first-order chi connectivity index (χ1) is 13.1. The van der Waals surface area contributed by atoms with Crippen molar-refractivity contribution in [2.24, 2.45) is 0 Å². The minimum absolute atomic E-state index is 0. The van der Waals surface area contributed by atoms with E-state index in [-0.39, 0.29) is 12.4 Å². The molecule has 0 bridgehead atoms. The molecule has 1 unspecified atom stereocenters. The van der Waals surface area contributed by atoms with Crippen molar-refractivity contribution in [3.63, 3.8) is 0 Å². The van der Waals surface area contributed by atoms with Crippen LogP contribution in [0.25, 0.3) is 0 Å². The lowest BCUT2D eigenvalue weighted by Gasteiger charge is -2.34. The zero-order valence-electron chi connectivity index (χ0n) is 19.4. The molecule has 1 aromatic rings.